The minimum atomic E-state index is -0.178. The van der Waals surface area contributed by atoms with Gasteiger partial charge in [-0.25, -0.2) is 5.43 Å². The van der Waals surface area contributed by atoms with Crippen LogP contribution in [-0.2, 0) is 12.8 Å². The lowest BCUT2D eigenvalue weighted by Crippen LogP contribution is -2.16. The molecule has 0 saturated carbocycles. The maximum absolute atomic E-state index is 12.2. The number of halogens is 1. The highest BCUT2D eigenvalue weighted by atomic mass is 35.5. The van der Waals surface area contributed by atoms with Gasteiger partial charge in [-0.3, -0.25) is 4.79 Å². The monoisotopic (exact) mass is 358 g/mol. The van der Waals surface area contributed by atoms with Gasteiger partial charge in [-0.15, -0.1) is 11.3 Å². The molecule has 1 N–H and O–H groups in total. The van der Waals surface area contributed by atoms with Crippen LogP contribution in [0.4, 0.5) is 0 Å². The fraction of sp³-hybridized carbons (Fsp3) is 0.263. The highest BCUT2D eigenvalue weighted by Crippen LogP contribution is 2.32. The van der Waals surface area contributed by atoms with Crippen molar-refractivity contribution in [2.45, 2.75) is 26.2 Å². The van der Waals surface area contributed by atoms with Gasteiger partial charge in [0.15, 0.2) is 0 Å². The van der Waals surface area contributed by atoms with E-state index in [4.69, 9.17) is 11.6 Å². The molecule has 1 aromatic heterocycles. The van der Waals surface area contributed by atoms with Crippen molar-refractivity contribution < 1.29 is 4.79 Å². The number of aryl methyl sites for hydroxylation is 1. The Balaban J connectivity index is 1.60. The van der Waals surface area contributed by atoms with Crippen molar-refractivity contribution in [1.82, 2.24) is 5.43 Å². The molecule has 1 heterocycles. The number of hydrazone groups is 1. The Morgan fingerprint density at radius 2 is 2.17 bits per heavy atom. The molecular weight excluding hydrogens is 340 g/mol. The van der Waals surface area contributed by atoms with E-state index in [1.165, 1.54) is 23.1 Å². The summed E-state index contributed by atoms with van der Waals surface area (Å²) in [7, 11) is 0. The standard InChI is InChI=1S/C19H19ClN2OS/c1-13-7-8-17-15(9-13)11-18(24-17)19(23)22-21-12-16(20)10-14-5-3-2-4-6-14/h2-6,10-13H,7-9H2,1H3,(H,22,23)/b16-10-,21-12+. The number of hydrogen-bond donors (Lipinski definition) is 1. The largest absolute Gasteiger partial charge is 0.281 e. The number of hydrogen-bond acceptors (Lipinski definition) is 3. The van der Waals surface area contributed by atoms with Crippen LogP contribution < -0.4 is 5.43 Å². The average Bonchev–Trinajstić information content (AvgIpc) is 2.99. The van der Waals surface area contributed by atoms with Gasteiger partial charge in [0.05, 0.1) is 16.1 Å². The Hall–Kier alpha value is -1.91. The molecule has 24 heavy (non-hydrogen) atoms. The first-order valence-corrected chi connectivity index (χ1v) is 9.18. The van der Waals surface area contributed by atoms with Gasteiger partial charge >= 0.3 is 0 Å². The van der Waals surface area contributed by atoms with Crippen LogP contribution >= 0.6 is 22.9 Å². The Morgan fingerprint density at radius 3 is 2.96 bits per heavy atom. The zero-order valence-electron chi connectivity index (χ0n) is 13.5. The van der Waals surface area contributed by atoms with Crippen LogP contribution in [0.15, 0.2) is 46.5 Å². The molecule has 0 aliphatic heterocycles. The van der Waals surface area contributed by atoms with Gasteiger partial charge in [-0.05, 0) is 48.4 Å². The summed E-state index contributed by atoms with van der Waals surface area (Å²) in [6.45, 7) is 2.26. The minimum absolute atomic E-state index is 0.178. The first kappa shape index (κ1) is 16.9. The number of amides is 1. The highest BCUT2D eigenvalue weighted by molar-refractivity contribution is 7.14. The smallest absolute Gasteiger partial charge is 0.266 e. The SMILES string of the molecule is CC1CCc2sc(C(=O)N/N=C/C(Cl)=C/c3ccccc3)cc2C1. The molecule has 5 heteroatoms. The molecule has 0 saturated heterocycles. The third-order valence-electron chi connectivity index (χ3n) is 4.01. The maximum atomic E-state index is 12.2. The molecule has 0 fully saturated rings. The fourth-order valence-corrected chi connectivity index (χ4v) is 4.04. The Kier molecular flexibility index (Phi) is 5.48. The van der Waals surface area contributed by atoms with Crippen LogP contribution in [-0.4, -0.2) is 12.1 Å². The van der Waals surface area contributed by atoms with E-state index >= 15 is 0 Å². The van der Waals surface area contributed by atoms with Crippen molar-refractivity contribution in [3.8, 4) is 0 Å². The van der Waals surface area contributed by atoms with Crippen molar-refractivity contribution in [2.75, 3.05) is 0 Å². The van der Waals surface area contributed by atoms with Gasteiger partial charge in [0.2, 0.25) is 0 Å². The van der Waals surface area contributed by atoms with Crippen LogP contribution in [0.2, 0.25) is 0 Å². The van der Waals surface area contributed by atoms with E-state index in [0.29, 0.717) is 11.0 Å². The number of nitrogens with zero attached hydrogens (tertiary/aromatic N) is 1. The van der Waals surface area contributed by atoms with Gasteiger partial charge in [0, 0.05) is 4.88 Å². The summed E-state index contributed by atoms with van der Waals surface area (Å²) in [6, 6.07) is 11.7. The second kappa shape index (κ2) is 7.77. The first-order valence-electron chi connectivity index (χ1n) is 7.99. The lowest BCUT2D eigenvalue weighted by Gasteiger charge is -2.16. The number of allylic oxidation sites excluding steroid dienone is 1. The molecule has 1 aromatic carbocycles. The molecule has 0 radical (unpaired) electrons. The first-order chi connectivity index (χ1) is 11.6. The lowest BCUT2D eigenvalue weighted by molar-refractivity contribution is 0.0959. The Labute approximate surface area is 151 Å². The summed E-state index contributed by atoms with van der Waals surface area (Å²) in [5.74, 6) is 0.519. The molecule has 0 spiro atoms. The van der Waals surface area contributed by atoms with E-state index in [1.54, 1.807) is 17.4 Å². The lowest BCUT2D eigenvalue weighted by atomic mass is 9.90. The Bertz CT molecular complexity index is 780. The molecule has 124 valence electrons. The predicted molar refractivity (Wildman–Crippen MR) is 102 cm³/mol. The van der Waals surface area contributed by atoms with Crippen molar-refractivity contribution in [2.24, 2.45) is 11.0 Å². The summed E-state index contributed by atoms with van der Waals surface area (Å²) in [5.41, 5.74) is 4.85. The molecule has 1 unspecified atom stereocenters. The molecule has 1 aliphatic rings. The van der Waals surface area contributed by atoms with Gasteiger partial charge in [-0.1, -0.05) is 48.9 Å². The number of fused-ring (bicyclic) bond motifs is 1. The second-order valence-corrected chi connectivity index (χ2v) is 7.62. The maximum Gasteiger partial charge on any atom is 0.281 e. The molecule has 1 amide bonds. The summed E-state index contributed by atoms with van der Waals surface area (Å²) >= 11 is 7.68. The van der Waals surface area contributed by atoms with E-state index < -0.39 is 0 Å². The number of rotatable bonds is 4. The topological polar surface area (TPSA) is 41.5 Å². The number of thiophene rings is 1. The fourth-order valence-electron chi connectivity index (χ4n) is 2.77. The molecule has 1 aliphatic carbocycles. The van der Waals surface area contributed by atoms with Gasteiger partial charge in [0.1, 0.15) is 0 Å². The second-order valence-electron chi connectivity index (χ2n) is 6.05. The quantitative estimate of drug-likeness (QED) is 0.615. The molecule has 3 nitrogen and oxygen atoms in total. The molecule has 2 aromatic rings. The van der Waals surface area contributed by atoms with E-state index in [0.717, 1.165) is 23.3 Å². The minimum Gasteiger partial charge on any atom is -0.266 e. The average molecular weight is 359 g/mol. The summed E-state index contributed by atoms with van der Waals surface area (Å²) in [5, 5.41) is 4.41. The molecule has 0 bridgehead atoms. The number of benzene rings is 1. The molecule has 3 rings (SSSR count). The van der Waals surface area contributed by atoms with Gasteiger partial charge in [-0.2, -0.15) is 5.10 Å². The van der Waals surface area contributed by atoms with Gasteiger partial charge < -0.3 is 0 Å². The van der Waals surface area contributed by atoms with E-state index in [1.807, 2.05) is 36.4 Å². The predicted octanol–water partition coefficient (Wildman–Crippen LogP) is 4.87. The Morgan fingerprint density at radius 1 is 1.38 bits per heavy atom. The summed E-state index contributed by atoms with van der Waals surface area (Å²) < 4.78 is 0. The van der Waals surface area contributed by atoms with Crippen molar-refractivity contribution >= 4 is 41.1 Å². The molecule has 1 atom stereocenters. The zero-order valence-corrected chi connectivity index (χ0v) is 15.0. The molecular formula is C19H19ClN2OS. The summed E-state index contributed by atoms with van der Waals surface area (Å²) in [6.07, 6.45) is 6.58. The van der Waals surface area contributed by atoms with E-state index in [2.05, 4.69) is 17.5 Å². The van der Waals surface area contributed by atoms with Crippen molar-refractivity contribution in [3.63, 3.8) is 0 Å². The number of nitrogens with one attached hydrogen (secondary N) is 1. The van der Waals surface area contributed by atoms with Crippen LogP contribution in [0, 0.1) is 5.92 Å². The van der Waals surface area contributed by atoms with Crippen molar-refractivity contribution in [3.05, 3.63) is 62.3 Å². The van der Waals surface area contributed by atoms with E-state index in [-0.39, 0.29) is 5.91 Å². The van der Waals surface area contributed by atoms with Crippen LogP contribution in [0.3, 0.4) is 0 Å². The van der Waals surface area contributed by atoms with Crippen molar-refractivity contribution in [1.29, 1.82) is 0 Å². The normalized spacial score (nSPS) is 17.8. The third-order valence-corrected chi connectivity index (χ3v) is 5.45. The number of carbonyl (C=O) groups excluding carboxylic acids is 1. The third kappa shape index (κ3) is 4.34. The zero-order chi connectivity index (χ0) is 16.9. The summed E-state index contributed by atoms with van der Waals surface area (Å²) in [4.78, 5) is 14.3. The van der Waals surface area contributed by atoms with Crippen LogP contribution in [0.25, 0.3) is 6.08 Å². The number of carbonyl (C=O) groups is 1. The van der Waals surface area contributed by atoms with Crippen LogP contribution in [0.5, 0.6) is 0 Å². The van der Waals surface area contributed by atoms with Crippen LogP contribution in [0.1, 0.15) is 39.0 Å². The highest BCUT2D eigenvalue weighted by Gasteiger charge is 2.20. The van der Waals surface area contributed by atoms with E-state index in [9.17, 15) is 4.79 Å². The van der Waals surface area contributed by atoms with Gasteiger partial charge in [0.25, 0.3) is 5.91 Å².